The molecule has 1 aromatic carbocycles. The van der Waals surface area contributed by atoms with Crippen LogP contribution < -0.4 is 10.6 Å². The molecule has 1 aliphatic rings. The molecule has 0 saturated heterocycles. The van der Waals surface area contributed by atoms with Gasteiger partial charge in [-0.05, 0) is 11.6 Å². The van der Waals surface area contributed by atoms with Crippen LogP contribution >= 0.6 is 0 Å². The van der Waals surface area contributed by atoms with Gasteiger partial charge < -0.3 is 15.4 Å². The summed E-state index contributed by atoms with van der Waals surface area (Å²) in [7, 11) is 0. The van der Waals surface area contributed by atoms with E-state index < -0.39 is 12.8 Å². The molecule has 0 aliphatic carbocycles. The van der Waals surface area contributed by atoms with Crippen LogP contribution in [0.15, 0.2) is 24.3 Å². The molecular formula is C14H17F3N2O2. The molecule has 21 heavy (non-hydrogen) atoms. The number of amides is 1. The number of benzene rings is 1. The number of hydrogen-bond acceptors (Lipinski definition) is 3. The molecule has 2 N–H and O–H groups in total. The van der Waals surface area contributed by atoms with E-state index in [1.54, 1.807) is 0 Å². The van der Waals surface area contributed by atoms with Crippen molar-refractivity contribution in [2.24, 2.45) is 0 Å². The van der Waals surface area contributed by atoms with Crippen LogP contribution in [0, 0.1) is 0 Å². The number of fused-ring (bicyclic) bond motifs is 1. The molecule has 7 heteroatoms. The first-order chi connectivity index (χ1) is 9.96. The summed E-state index contributed by atoms with van der Waals surface area (Å²) in [5.41, 5.74) is 2.13. The van der Waals surface area contributed by atoms with E-state index in [1.165, 1.54) is 0 Å². The van der Waals surface area contributed by atoms with Crippen LogP contribution in [0.2, 0.25) is 0 Å². The van der Waals surface area contributed by atoms with Crippen molar-refractivity contribution in [1.29, 1.82) is 0 Å². The molecule has 0 saturated carbocycles. The van der Waals surface area contributed by atoms with Gasteiger partial charge in [-0.2, -0.15) is 13.2 Å². The maximum Gasteiger partial charge on any atom is 0.411 e. The van der Waals surface area contributed by atoms with Gasteiger partial charge >= 0.3 is 6.18 Å². The van der Waals surface area contributed by atoms with Crippen LogP contribution in [-0.2, 0) is 9.53 Å². The third-order valence-electron chi connectivity index (χ3n) is 3.21. The Balaban J connectivity index is 1.67. The topological polar surface area (TPSA) is 50.4 Å². The van der Waals surface area contributed by atoms with E-state index in [-0.39, 0.29) is 25.0 Å². The van der Waals surface area contributed by atoms with Gasteiger partial charge in [-0.1, -0.05) is 18.2 Å². The molecule has 4 nitrogen and oxygen atoms in total. The van der Waals surface area contributed by atoms with Gasteiger partial charge in [0.1, 0.15) is 6.61 Å². The summed E-state index contributed by atoms with van der Waals surface area (Å²) < 4.78 is 39.9. The monoisotopic (exact) mass is 302 g/mol. The summed E-state index contributed by atoms with van der Waals surface area (Å²) in [6, 6.07) is 7.77. The molecule has 2 rings (SSSR count). The lowest BCUT2D eigenvalue weighted by atomic mass is 9.98. The fraction of sp³-hybridized carbons (Fsp3) is 0.500. The predicted octanol–water partition coefficient (Wildman–Crippen LogP) is 2.28. The van der Waals surface area contributed by atoms with Crippen LogP contribution in [0.1, 0.15) is 17.9 Å². The van der Waals surface area contributed by atoms with Gasteiger partial charge in [0.2, 0.25) is 5.91 Å². The lowest BCUT2D eigenvalue weighted by Gasteiger charge is -2.11. The van der Waals surface area contributed by atoms with Crippen LogP contribution in [-0.4, -0.2) is 38.4 Å². The smallest absolute Gasteiger partial charge is 0.384 e. The Morgan fingerprint density at radius 3 is 2.90 bits per heavy atom. The lowest BCUT2D eigenvalue weighted by molar-refractivity contribution is -0.173. The maximum atomic E-state index is 11.8. The first kappa shape index (κ1) is 15.6. The molecule has 116 valence electrons. The van der Waals surface area contributed by atoms with Crippen molar-refractivity contribution in [2.45, 2.75) is 18.5 Å². The molecule has 0 bridgehead atoms. The van der Waals surface area contributed by atoms with E-state index in [9.17, 15) is 18.0 Å². The zero-order valence-electron chi connectivity index (χ0n) is 11.4. The third kappa shape index (κ3) is 4.93. The molecule has 0 fully saturated rings. The van der Waals surface area contributed by atoms with E-state index in [4.69, 9.17) is 0 Å². The Kier molecular flexibility index (Phi) is 5.06. The number of alkyl halides is 3. The first-order valence-corrected chi connectivity index (χ1v) is 6.70. The van der Waals surface area contributed by atoms with Gasteiger partial charge in [-0.25, -0.2) is 0 Å². The van der Waals surface area contributed by atoms with E-state index in [2.05, 4.69) is 15.4 Å². The number of ether oxygens (including phenoxy) is 1. The van der Waals surface area contributed by atoms with Crippen molar-refractivity contribution in [1.82, 2.24) is 5.32 Å². The summed E-state index contributed by atoms with van der Waals surface area (Å²) in [5.74, 6) is -0.0913. The average molecular weight is 302 g/mol. The number of para-hydroxylation sites is 1. The summed E-state index contributed by atoms with van der Waals surface area (Å²) >= 11 is 0. The minimum absolute atomic E-state index is 0.0801. The molecule has 0 aromatic heterocycles. The number of nitrogens with one attached hydrogen (secondary N) is 2. The molecular weight excluding hydrogens is 285 g/mol. The number of carbonyl (C=O) groups is 1. The Labute approximate surface area is 120 Å². The summed E-state index contributed by atoms with van der Waals surface area (Å²) in [6.45, 7) is -0.665. The maximum absolute atomic E-state index is 11.8. The fourth-order valence-corrected chi connectivity index (χ4v) is 2.29. The highest BCUT2D eigenvalue weighted by Crippen LogP contribution is 2.32. The molecule has 1 unspecified atom stereocenters. The second-order valence-electron chi connectivity index (χ2n) is 4.89. The summed E-state index contributed by atoms with van der Waals surface area (Å²) in [4.78, 5) is 11.8. The molecule has 1 aromatic rings. The van der Waals surface area contributed by atoms with Crippen LogP contribution in [0.25, 0.3) is 0 Å². The van der Waals surface area contributed by atoms with Crippen molar-refractivity contribution in [3.63, 3.8) is 0 Å². The largest absolute Gasteiger partial charge is 0.411 e. The number of halogens is 3. The zero-order chi connectivity index (χ0) is 15.3. The minimum Gasteiger partial charge on any atom is -0.384 e. The molecule has 0 spiro atoms. The quantitative estimate of drug-likeness (QED) is 0.793. The highest BCUT2D eigenvalue weighted by molar-refractivity contribution is 5.78. The Bertz CT molecular complexity index is 491. The van der Waals surface area contributed by atoms with Gasteiger partial charge in [0, 0.05) is 31.1 Å². The Hall–Kier alpha value is -1.76. The van der Waals surface area contributed by atoms with Crippen molar-refractivity contribution < 1.29 is 22.7 Å². The highest BCUT2D eigenvalue weighted by atomic mass is 19.4. The van der Waals surface area contributed by atoms with Crippen molar-refractivity contribution >= 4 is 11.6 Å². The highest BCUT2D eigenvalue weighted by Gasteiger charge is 2.27. The minimum atomic E-state index is -4.33. The summed E-state index contributed by atoms with van der Waals surface area (Å²) in [6.07, 6.45) is -4.02. The zero-order valence-corrected chi connectivity index (χ0v) is 11.4. The lowest BCUT2D eigenvalue weighted by Crippen LogP contribution is -2.30. The number of carbonyl (C=O) groups excluding carboxylic acids is 1. The fourth-order valence-electron chi connectivity index (χ4n) is 2.29. The predicted molar refractivity (Wildman–Crippen MR) is 72.2 cm³/mol. The Morgan fingerprint density at radius 2 is 2.14 bits per heavy atom. The molecule has 1 heterocycles. The normalized spacial score (nSPS) is 17.2. The van der Waals surface area contributed by atoms with Crippen LogP contribution in [0.4, 0.5) is 18.9 Å². The van der Waals surface area contributed by atoms with Crippen molar-refractivity contribution in [2.75, 3.05) is 31.6 Å². The van der Waals surface area contributed by atoms with Gasteiger partial charge in [0.15, 0.2) is 0 Å². The number of anilines is 1. The first-order valence-electron chi connectivity index (χ1n) is 6.70. The SMILES string of the molecule is O=C(CC1CNc2ccccc21)NCCOCC(F)(F)F. The van der Waals surface area contributed by atoms with E-state index in [0.717, 1.165) is 11.3 Å². The van der Waals surface area contributed by atoms with Crippen molar-refractivity contribution in [3.8, 4) is 0 Å². The van der Waals surface area contributed by atoms with Gasteiger partial charge in [0.05, 0.1) is 6.61 Å². The van der Waals surface area contributed by atoms with Crippen LogP contribution in [0.5, 0.6) is 0 Å². The third-order valence-corrected chi connectivity index (χ3v) is 3.21. The second-order valence-corrected chi connectivity index (χ2v) is 4.89. The number of rotatable bonds is 6. The van der Waals surface area contributed by atoms with Gasteiger partial charge in [-0.15, -0.1) is 0 Å². The second kappa shape index (κ2) is 6.80. The van der Waals surface area contributed by atoms with Gasteiger partial charge in [0.25, 0.3) is 0 Å². The Morgan fingerprint density at radius 1 is 1.38 bits per heavy atom. The van der Waals surface area contributed by atoms with E-state index in [0.29, 0.717) is 13.0 Å². The van der Waals surface area contributed by atoms with Crippen molar-refractivity contribution in [3.05, 3.63) is 29.8 Å². The number of hydrogen-bond donors (Lipinski definition) is 2. The summed E-state index contributed by atoms with van der Waals surface area (Å²) in [5, 5.41) is 5.79. The van der Waals surface area contributed by atoms with E-state index in [1.807, 2.05) is 24.3 Å². The molecule has 1 amide bonds. The standard InChI is InChI=1S/C14H17F3N2O2/c15-14(16,17)9-21-6-5-18-13(20)7-10-8-19-12-4-2-1-3-11(10)12/h1-4,10,19H,5-9H2,(H,18,20). The molecule has 1 aliphatic heterocycles. The van der Waals surface area contributed by atoms with Crippen LogP contribution in [0.3, 0.4) is 0 Å². The molecule has 0 radical (unpaired) electrons. The van der Waals surface area contributed by atoms with Gasteiger partial charge in [-0.3, -0.25) is 4.79 Å². The average Bonchev–Trinajstić information content (AvgIpc) is 2.81. The molecule has 1 atom stereocenters. The van der Waals surface area contributed by atoms with E-state index >= 15 is 0 Å².